The maximum Gasteiger partial charge on any atom is 0.103 e. The minimum absolute atomic E-state index is 0.676. The van der Waals surface area contributed by atoms with Crippen molar-refractivity contribution in [3.63, 3.8) is 0 Å². The number of aliphatic hydroxyl groups is 1. The van der Waals surface area contributed by atoms with Crippen LogP contribution in [0.15, 0.2) is 28.9 Å². The highest BCUT2D eigenvalue weighted by atomic mass is 79.9. The first-order valence-electron chi connectivity index (χ1n) is 4.34. The molecule has 2 rings (SSSR count). The Labute approximate surface area is 90.5 Å². The topological polar surface area (TPSA) is 37.5 Å². The largest absolute Gasteiger partial charge is 0.384 e. The zero-order chi connectivity index (χ0) is 10.3. The number of nitrogens with zero attached hydrogens (tertiary/aromatic N) is 2. The molecule has 0 atom stereocenters. The third-order valence-corrected chi connectivity index (χ3v) is 2.55. The first-order valence-corrected chi connectivity index (χ1v) is 5.14. The molecule has 74 valence electrons. The molecule has 0 aliphatic rings. The Morgan fingerprint density at radius 2 is 2.14 bits per heavy atom. The van der Waals surface area contributed by atoms with E-state index in [0.717, 1.165) is 9.99 Å². The molecule has 0 saturated carbocycles. The summed E-state index contributed by atoms with van der Waals surface area (Å²) in [5.74, 6) is 0. The van der Waals surface area contributed by atoms with Crippen LogP contribution in [-0.2, 0) is 5.60 Å². The van der Waals surface area contributed by atoms with Gasteiger partial charge in [0.15, 0.2) is 0 Å². The first-order chi connectivity index (χ1) is 6.47. The molecule has 14 heavy (non-hydrogen) atoms. The Balaban J connectivity index is 2.63. The van der Waals surface area contributed by atoms with Crippen LogP contribution >= 0.6 is 15.9 Å². The van der Waals surface area contributed by atoms with Crippen LogP contribution in [0.1, 0.15) is 19.5 Å². The minimum atomic E-state index is -0.890. The summed E-state index contributed by atoms with van der Waals surface area (Å²) < 4.78 is 2.75. The molecule has 0 fully saturated rings. The Hall–Kier alpha value is -0.870. The highest BCUT2D eigenvalue weighted by Crippen LogP contribution is 2.21. The molecule has 0 saturated heterocycles. The SMILES string of the molecule is CC(C)(O)c1cc2cc(Br)ccn2n1. The molecule has 0 amide bonds. The molecule has 2 aromatic heterocycles. The number of hydrogen-bond acceptors (Lipinski definition) is 2. The van der Waals surface area contributed by atoms with Crippen molar-refractivity contribution >= 4 is 21.4 Å². The van der Waals surface area contributed by atoms with Gasteiger partial charge in [-0.2, -0.15) is 5.10 Å². The normalized spacial score (nSPS) is 12.3. The number of pyridine rings is 1. The smallest absolute Gasteiger partial charge is 0.103 e. The van der Waals surface area contributed by atoms with Crippen LogP contribution in [0.4, 0.5) is 0 Å². The third-order valence-electron chi connectivity index (χ3n) is 2.05. The summed E-state index contributed by atoms with van der Waals surface area (Å²) >= 11 is 3.39. The molecule has 2 aromatic rings. The predicted molar refractivity (Wildman–Crippen MR) is 58.1 cm³/mol. The van der Waals surface area contributed by atoms with Gasteiger partial charge in [-0.1, -0.05) is 15.9 Å². The van der Waals surface area contributed by atoms with E-state index in [0.29, 0.717) is 5.69 Å². The molecule has 0 spiro atoms. The number of fused-ring (bicyclic) bond motifs is 1. The monoisotopic (exact) mass is 254 g/mol. The van der Waals surface area contributed by atoms with Crippen LogP contribution in [0.25, 0.3) is 5.52 Å². The van der Waals surface area contributed by atoms with E-state index in [2.05, 4.69) is 21.0 Å². The fourth-order valence-electron chi connectivity index (χ4n) is 1.27. The van der Waals surface area contributed by atoms with E-state index in [4.69, 9.17) is 0 Å². The number of aromatic nitrogens is 2. The lowest BCUT2D eigenvalue weighted by Gasteiger charge is -2.12. The Morgan fingerprint density at radius 1 is 1.43 bits per heavy atom. The van der Waals surface area contributed by atoms with E-state index in [1.165, 1.54) is 0 Å². The van der Waals surface area contributed by atoms with Crippen molar-refractivity contribution in [1.82, 2.24) is 9.61 Å². The van der Waals surface area contributed by atoms with Gasteiger partial charge in [0.2, 0.25) is 0 Å². The summed E-state index contributed by atoms with van der Waals surface area (Å²) in [6.45, 7) is 3.45. The van der Waals surface area contributed by atoms with Crippen molar-refractivity contribution in [2.75, 3.05) is 0 Å². The van der Waals surface area contributed by atoms with Crippen molar-refractivity contribution in [3.05, 3.63) is 34.6 Å². The lowest BCUT2D eigenvalue weighted by atomic mass is 10.1. The highest BCUT2D eigenvalue weighted by Gasteiger charge is 2.19. The summed E-state index contributed by atoms with van der Waals surface area (Å²) in [5.41, 5.74) is 0.755. The summed E-state index contributed by atoms with van der Waals surface area (Å²) in [4.78, 5) is 0. The molecule has 4 heteroatoms. The fraction of sp³-hybridized carbons (Fsp3) is 0.300. The van der Waals surface area contributed by atoms with Gasteiger partial charge in [-0.15, -0.1) is 0 Å². The van der Waals surface area contributed by atoms with Crippen molar-refractivity contribution in [3.8, 4) is 0 Å². The molecular weight excluding hydrogens is 244 g/mol. The van der Waals surface area contributed by atoms with Crippen LogP contribution in [0, 0.1) is 0 Å². The van der Waals surface area contributed by atoms with Crippen LogP contribution in [-0.4, -0.2) is 14.7 Å². The Bertz CT molecular complexity index is 470. The number of rotatable bonds is 1. The van der Waals surface area contributed by atoms with Gasteiger partial charge in [-0.3, -0.25) is 0 Å². The summed E-state index contributed by atoms with van der Waals surface area (Å²) in [5, 5.41) is 14.0. The second-order valence-electron chi connectivity index (χ2n) is 3.80. The summed E-state index contributed by atoms with van der Waals surface area (Å²) in [6.07, 6.45) is 1.86. The van der Waals surface area contributed by atoms with Gasteiger partial charge in [0.1, 0.15) is 5.60 Å². The minimum Gasteiger partial charge on any atom is -0.384 e. The quantitative estimate of drug-likeness (QED) is 0.849. The molecule has 0 radical (unpaired) electrons. The van der Waals surface area contributed by atoms with Gasteiger partial charge in [0, 0.05) is 10.7 Å². The molecule has 2 heterocycles. The van der Waals surface area contributed by atoms with Gasteiger partial charge in [-0.25, -0.2) is 4.52 Å². The molecule has 0 aliphatic carbocycles. The van der Waals surface area contributed by atoms with Crippen molar-refractivity contribution in [2.45, 2.75) is 19.4 Å². The van der Waals surface area contributed by atoms with Crippen molar-refractivity contribution in [2.24, 2.45) is 0 Å². The van der Waals surface area contributed by atoms with Gasteiger partial charge in [0.25, 0.3) is 0 Å². The number of hydrogen-bond donors (Lipinski definition) is 1. The molecular formula is C10H11BrN2O. The van der Waals surface area contributed by atoms with E-state index in [-0.39, 0.29) is 0 Å². The molecule has 3 nitrogen and oxygen atoms in total. The lowest BCUT2D eigenvalue weighted by molar-refractivity contribution is 0.0735. The van der Waals surface area contributed by atoms with Crippen LogP contribution < -0.4 is 0 Å². The zero-order valence-corrected chi connectivity index (χ0v) is 9.62. The fourth-order valence-corrected chi connectivity index (χ4v) is 1.62. The second kappa shape index (κ2) is 3.07. The van der Waals surface area contributed by atoms with E-state index in [1.54, 1.807) is 18.4 Å². The summed E-state index contributed by atoms with van der Waals surface area (Å²) in [6, 6.07) is 5.75. The number of halogens is 1. The van der Waals surface area contributed by atoms with Gasteiger partial charge in [0.05, 0.1) is 11.2 Å². The average Bonchev–Trinajstić information content (AvgIpc) is 2.45. The predicted octanol–water partition coefficient (Wildman–Crippen LogP) is 2.32. The maximum atomic E-state index is 9.77. The van der Waals surface area contributed by atoms with E-state index < -0.39 is 5.60 Å². The molecule has 0 aromatic carbocycles. The van der Waals surface area contributed by atoms with E-state index in [1.807, 2.05) is 24.4 Å². The second-order valence-corrected chi connectivity index (χ2v) is 4.72. The molecule has 0 aliphatic heterocycles. The van der Waals surface area contributed by atoms with Gasteiger partial charge >= 0.3 is 0 Å². The van der Waals surface area contributed by atoms with Crippen LogP contribution in [0.5, 0.6) is 0 Å². The highest BCUT2D eigenvalue weighted by molar-refractivity contribution is 9.10. The molecule has 0 bridgehead atoms. The summed E-state index contributed by atoms with van der Waals surface area (Å²) in [7, 11) is 0. The van der Waals surface area contributed by atoms with Crippen molar-refractivity contribution in [1.29, 1.82) is 0 Å². The Morgan fingerprint density at radius 3 is 2.79 bits per heavy atom. The molecule has 0 unspecified atom stereocenters. The van der Waals surface area contributed by atoms with Gasteiger partial charge < -0.3 is 5.11 Å². The molecule has 1 N–H and O–H groups in total. The van der Waals surface area contributed by atoms with Gasteiger partial charge in [-0.05, 0) is 32.0 Å². The van der Waals surface area contributed by atoms with Crippen LogP contribution in [0.3, 0.4) is 0 Å². The maximum absolute atomic E-state index is 9.77. The lowest BCUT2D eigenvalue weighted by Crippen LogP contribution is -2.16. The Kier molecular flexibility index (Phi) is 2.12. The first kappa shape index (κ1) is 9.68. The average molecular weight is 255 g/mol. The van der Waals surface area contributed by atoms with Crippen molar-refractivity contribution < 1.29 is 5.11 Å². The van der Waals surface area contributed by atoms with E-state index >= 15 is 0 Å². The standard InChI is InChI=1S/C10H11BrN2O/c1-10(2,14)9-6-8-5-7(11)3-4-13(8)12-9/h3-6,14H,1-2H3. The van der Waals surface area contributed by atoms with E-state index in [9.17, 15) is 5.11 Å². The zero-order valence-electron chi connectivity index (χ0n) is 8.03. The van der Waals surface area contributed by atoms with Crippen LogP contribution in [0.2, 0.25) is 0 Å². The third kappa shape index (κ3) is 1.67.